The van der Waals surface area contributed by atoms with Gasteiger partial charge in [-0.3, -0.25) is 4.79 Å². The van der Waals surface area contributed by atoms with Crippen LogP contribution in [-0.4, -0.2) is 24.0 Å². The highest BCUT2D eigenvalue weighted by atomic mass is 32.1. The summed E-state index contributed by atoms with van der Waals surface area (Å²) in [5, 5.41) is 13.3. The van der Waals surface area contributed by atoms with Gasteiger partial charge in [0.1, 0.15) is 5.82 Å². The maximum absolute atomic E-state index is 13.2. The molecule has 0 unspecified atom stereocenters. The third-order valence-corrected chi connectivity index (χ3v) is 9.59. The van der Waals surface area contributed by atoms with E-state index >= 15 is 0 Å². The number of thiophene rings is 1. The van der Waals surface area contributed by atoms with Gasteiger partial charge in [0, 0.05) is 36.3 Å². The highest BCUT2D eigenvalue weighted by Crippen LogP contribution is 2.61. The molecule has 4 aliphatic carbocycles. The Morgan fingerprint density at radius 1 is 1.03 bits per heavy atom. The molecule has 5 nitrogen and oxygen atoms in total. The lowest BCUT2D eigenvalue weighted by Crippen LogP contribution is -2.47. The number of anilines is 2. The van der Waals surface area contributed by atoms with E-state index in [2.05, 4.69) is 40.4 Å². The number of hydrogen-bond acceptors (Lipinski definition) is 5. The molecule has 35 heavy (non-hydrogen) atoms. The molecule has 0 radical (unpaired) electrons. The summed E-state index contributed by atoms with van der Waals surface area (Å²) in [5.41, 5.74) is 3.40. The highest BCUT2D eigenvalue weighted by molar-refractivity contribution is 7.10. The van der Waals surface area contributed by atoms with E-state index < -0.39 is 0 Å². The molecule has 3 aromatic rings. The van der Waals surface area contributed by atoms with Crippen molar-refractivity contribution in [2.24, 2.45) is 23.2 Å². The Morgan fingerprint density at radius 2 is 1.80 bits per heavy atom. The van der Waals surface area contributed by atoms with Crippen LogP contribution in [-0.2, 0) is 11.3 Å². The molecule has 4 fully saturated rings. The lowest BCUT2D eigenvalue weighted by molar-refractivity contribution is -0.124. The first-order valence-electron chi connectivity index (χ1n) is 13.2. The molecule has 0 spiro atoms. The van der Waals surface area contributed by atoms with E-state index in [-0.39, 0.29) is 11.3 Å². The van der Waals surface area contributed by atoms with E-state index in [1.54, 1.807) is 11.3 Å². The molecular formula is C29H36N4OS. The number of fused-ring (bicyclic) bond motifs is 1. The number of amides is 1. The first kappa shape index (κ1) is 23.0. The van der Waals surface area contributed by atoms with Gasteiger partial charge in [0.2, 0.25) is 5.91 Å². The number of pyridine rings is 1. The summed E-state index contributed by atoms with van der Waals surface area (Å²) in [7, 11) is 0. The van der Waals surface area contributed by atoms with Gasteiger partial charge in [-0.05, 0) is 110 Å². The van der Waals surface area contributed by atoms with Gasteiger partial charge in [-0.15, -0.1) is 11.3 Å². The number of nitrogens with one attached hydrogen (secondary N) is 3. The maximum Gasteiger partial charge on any atom is 0.224 e. The van der Waals surface area contributed by atoms with Crippen molar-refractivity contribution in [3.05, 3.63) is 52.2 Å². The summed E-state index contributed by atoms with van der Waals surface area (Å²) < 4.78 is 0. The van der Waals surface area contributed by atoms with Gasteiger partial charge in [0.15, 0.2) is 0 Å². The normalized spacial score (nSPS) is 26.8. The molecule has 2 heterocycles. The van der Waals surface area contributed by atoms with Crippen LogP contribution >= 0.6 is 11.3 Å². The van der Waals surface area contributed by atoms with Crippen molar-refractivity contribution >= 4 is 39.7 Å². The first-order valence-corrected chi connectivity index (χ1v) is 14.1. The second-order valence-corrected chi connectivity index (χ2v) is 12.3. The lowest BCUT2D eigenvalue weighted by atomic mass is 9.49. The lowest BCUT2D eigenvalue weighted by Gasteiger charge is -2.56. The molecule has 7 rings (SSSR count). The monoisotopic (exact) mass is 488 g/mol. The Bertz CT molecular complexity index is 1180. The molecule has 0 saturated heterocycles. The van der Waals surface area contributed by atoms with E-state index in [0.717, 1.165) is 59.8 Å². The number of hydrogen-bond donors (Lipinski definition) is 3. The predicted molar refractivity (Wildman–Crippen MR) is 145 cm³/mol. The average molecular weight is 489 g/mol. The summed E-state index contributed by atoms with van der Waals surface area (Å²) in [6.07, 6.45) is 8.71. The highest BCUT2D eigenvalue weighted by Gasteiger charge is 2.51. The van der Waals surface area contributed by atoms with E-state index in [1.165, 1.54) is 49.0 Å². The van der Waals surface area contributed by atoms with Gasteiger partial charge < -0.3 is 16.0 Å². The van der Waals surface area contributed by atoms with Crippen molar-refractivity contribution in [3.63, 3.8) is 0 Å². The molecule has 3 N–H and O–H groups in total. The fourth-order valence-electron chi connectivity index (χ4n) is 7.47. The van der Waals surface area contributed by atoms with Crippen LogP contribution in [0.3, 0.4) is 0 Å². The average Bonchev–Trinajstić information content (AvgIpc) is 3.22. The van der Waals surface area contributed by atoms with Crippen molar-refractivity contribution in [3.8, 4) is 0 Å². The maximum atomic E-state index is 13.2. The van der Waals surface area contributed by atoms with Crippen LogP contribution in [0.1, 0.15) is 55.4 Å². The molecule has 4 aliphatic rings. The number of aromatic nitrogens is 1. The molecule has 0 aliphatic heterocycles. The fraction of sp³-hybridized carbons (Fsp3) is 0.517. The Kier molecular flexibility index (Phi) is 6.27. The minimum atomic E-state index is 0.175. The smallest absolute Gasteiger partial charge is 0.224 e. The van der Waals surface area contributed by atoms with Crippen molar-refractivity contribution < 1.29 is 4.79 Å². The third kappa shape index (κ3) is 4.96. The second-order valence-electron chi connectivity index (χ2n) is 11.3. The van der Waals surface area contributed by atoms with Crippen molar-refractivity contribution in [2.75, 3.05) is 23.7 Å². The summed E-state index contributed by atoms with van der Waals surface area (Å²) in [6.45, 7) is 4.75. The largest absolute Gasteiger partial charge is 0.369 e. The number of benzene rings is 1. The Hall–Kier alpha value is -2.44. The Morgan fingerprint density at radius 3 is 2.51 bits per heavy atom. The molecule has 1 aromatic carbocycles. The fourth-order valence-corrected chi connectivity index (χ4v) is 8.35. The SMILES string of the molecule is Cc1ccsc1CNCCNc1ccc2c(NC(=O)CC34CC5CC(CC(C5)C3)C4)cccc2n1. The number of aryl methyl sites for hydroxylation is 1. The summed E-state index contributed by atoms with van der Waals surface area (Å²) in [5.74, 6) is 3.66. The van der Waals surface area contributed by atoms with Crippen molar-refractivity contribution in [1.82, 2.24) is 10.3 Å². The summed E-state index contributed by atoms with van der Waals surface area (Å²) >= 11 is 1.80. The van der Waals surface area contributed by atoms with Crippen LogP contribution in [0, 0.1) is 30.1 Å². The zero-order valence-corrected chi connectivity index (χ0v) is 21.4. The van der Waals surface area contributed by atoms with Gasteiger partial charge in [-0.25, -0.2) is 4.98 Å². The van der Waals surface area contributed by atoms with E-state index in [9.17, 15) is 4.79 Å². The van der Waals surface area contributed by atoms with Crippen molar-refractivity contribution in [1.29, 1.82) is 0 Å². The van der Waals surface area contributed by atoms with Crippen LogP contribution < -0.4 is 16.0 Å². The van der Waals surface area contributed by atoms with Crippen LogP contribution in [0.5, 0.6) is 0 Å². The minimum Gasteiger partial charge on any atom is -0.369 e. The zero-order valence-electron chi connectivity index (χ0n) is 20.6. The standard InChI is InChI=1S/C29H36N4OS/c1-19-7-10-35-26(19)18-30-8-9-31-27-6-5-23-24(32-27)3-2-4-25(23)33-28(34)17-29-14-20-11-21(15-29)13-22(12-20)16-29/h2-7,10,20-22,30H,8-9,11-18H2,1H3,(H,31,32)(H,33,34). The Balaban J connectivity index is 1.05. The van der Waals surface area contributed by atoms with E-state index in [0.29, 0.717) is 6.42 Å². The molecule has 1 amide bonds. The Labute approximate surface area is 212 Å². The molecular weight excluding hydrogens is 452 g/mol. The predicted octanol–water partition coefficient (Wildman–Crippen LogP) is 6.35. The van der Waals surface area contributed by atoms with Crippen LogP contribution in [0.15, 0.2) is 41.8 Å². The van der Waals surface area contributed by atoms with Gasteiger partial charge >= 0.3 is 0 Å². The quantitative estimate of drug-likeness (QED) is 0.307. The van der Waals surface area contributed by atoms with Gasteiger partial charge in [-0.1, -0.05) is 6.07 Å². The number of carbonyl (C=O) groups is 1. The molecule has 2 aromatic heterocycles. The molecule has 6 heteroatoms. The van der Waals surface area contributed by atoms with E-state index in [4.69, 9.17) is 4.98 Å². The molecule has 184 valence electrons. The number of rotatable bonds is 9. The van der Waals surface area contributed by atoms with Gasteiger partial charge in [0.05, 0.1) is 11.2 Å². The molecule has 4 bridgehead atoms. The van der Waals surface area contributed by atoms with Gasteiger partial charge in [0.25, 0.3) is 0 Å². The van der Waals surface area contributed by atoms with E-state index in [1.807, 2.05) is 24.3 Å². The zero-order chi connectivity index (χ0) is 23.8. The number of nitrogens with zero attached hydrogens (tertiary/aromatic N) is 1. The molecule has 4 saturated carbocycles. The summed E-state index contributed by atoms with van der Waals surface area (Å²) in [6, 6.07) is 12.3. The summed E-state index contributed by atoms with van der Waals surface area (Å²) in [4.78, 5) is 19.4. The van der Waals surface area contributed by atoms with Gasteiger partial charge in [-0.2, -0.15) is 0 Å². The second kappa shape index (κ2) is 9.55. The molecule has 0 atom stereocenters. The van der Waals surface area contributed by atoms with Crippen LogP contribution in [0.25, 0.3) is 10.9 Å². The van der Waals surface area contributed by atoms with Crippen LogP contribution in [0.2, 0.25) is 0 Å². The number of carbonyl (C=O) groups excluding carboxylic acids is 1. The van der Waals surface area contributed by atoms with Crippen molar-refractivity contribution in [2.45, 2.75) is 58.4 Å². The topological polar surface area (TPSA) is 66.0 Å². The minimum absolute atomic E-state index is 0.175. The van der Waals surface area contributed by atoms with Crippen LogP contribution in [0.4, 0.5) is 11.5 Å². The first-order chi connectivity index (χ1) is 17.1. The third-order valence-electron chi connectivity index (χ3n) is 8.57.